The highest BCUT2D eigenvalue weighted by Gasteiger charge is 2.25. The van der Waals surface area contributed by atoms with Gasteiger partial charge < -0.3 is 9.80 Å². The SMILES string of the molecule is N#Cc1ccc(N2CCN(C(=O)c3cc(Cc4n[nH]c(=O)c5c(Cl)cc(Br)cc45)ccc3F)CC2)nc1. The first kappa shape index (κ1) is 24.9. The number of pyridine rings is 1. The van der Waals surface area contributed by atoms with Gasteiger partial charge in [0.1, 0.15) is 17.7 Å². The minimum atomic E-state index is -0.602. The van der Waals surface area contributed by atoms with Crippen molar-refractivity contribution < 1.29 is 9.18 Å². The lowest BCUT2D eigenvalue weighted by Crippen LogP contribution is -2.49. The Kier molecular flexibility index (Phi) is 6.91. The molecule has 2 aromatic heterocycles. The van der Waals surface area contributed by atoms with E-state index in [2.05, 4.69) is 31.1 Å². The van der Waals surface area contributed by atoms with Crippen LogP contribution < -0.4 is 10.5 Å². The first-order chi connectivity index (χ1) is 17.8. The summed E-state index contributed by atoms with van der Waals surface area (Å²) in [6.07, 6.45) is 1.78. The van der Waals surface area contributed by atoms with Gasteiger partial charge in [-0.15, -0.1) is 0 Å². The third-order valence-corrected chi connectivity index (χ3v) is 7.04. The van der Waals surface area contributed by atoms with E-state index in [1.807, 2.05) is 11.0 Å². The second-order valence-corrected chi connectivity index (χ2v) is 9.92. The van der Waals surface area contributed by atoms with E-state index in [0.717, 1.165) is 5.82 Å². The molecule has 0 radical (unpaired) electrons. The number of halogens is 3. The second kappa shape index (κ2) is 10.3. The molecule has 186 valence electrons. The molecule has 1 fully saturated rings. The molecule has 4 aromatic rings. The average Bonchev–Trinajstić information content (AvgIpc) is 2.90. The number of hydrogen-bond donors (Lipinski definition) is 1. The van der Waals surface area contributed by atoms with Crippen molar-refractivity contribution in [2.45, 2.75) is 6.42 Å². The molecule has 0 spiro atoms. The van der Waals surface area contributed by atoms with Gasteiger partial charge in [0.2, 0.25) is 0 Å². The van der Waals surface area contributed by atoms with E-state index in [4.69, 9.17) is 16.9 Å². The Morgan fingerprint density at radius 1 is 1.16 bits per heavy atom. The maximum atomic E-state index is 14.8. The fourth-order valence-electron chi connectivity index (χ4n) is 4.39. The Bertz CT molecular complexity index is 1610. The number of carbonyl (C=O) groups excluding carboxylic acids is 1. The Hall–Kier alpha value is -3.81. The minimum absolute atomic E-state index is 0.0182. The van der Waals surface area contributed by atoms with Crippen molar-refractivity contribution in [3.05, 3.63) is 96.7 Å². The van der Waals surface area contributed by atoms with Crippen LogP contribution in [0.25, 0.3) is 10.8 Å². The topological polar surface area (TPSA) is 106 Å². The number of amides is 1. The summed E-state index contributed by atoms with van der Waals surface area (Å²) in [5, 5.41) is 16.8. The summed E-state index contributed by atoms with van der Waals surface area (Å²) in [6.45, 7) is 1.88. The van der Waals surface area contributed by atoms with Gasteiger partial charge in [0, 0.05) is 48.7 Å². The van der Waals surface area contributed by atoms with Crippen LogP contribution >= 0.6 is 27.5 Å². The molecule has 0 aliphatic carbocycles. The van der Waals surface area contributed by atoms with Gasteiger partial charge in [-0.1, -0.05) is 33.6 Å². The molecule has 37 heavy (non-hydrogen) atoms. The number of aromatic amines is 1. The highest BCUT2D eigenvalue weighted by molar-refractivity contribution is 9.10. The van der Waals surface area contributed by atoms with Crippen LogP contribution in [0.3, 0.4) is 0 Å². The number of nitrogens with one attached hydrogen (secondary N) is 1. The Balaban J connectivity index is 1.35. The van der Waals surface area contributed by atoms with Crippen LogP contribution in [0.15, 0.2) is 57.9 Å². The fourth-order valence-corrected chi connectivity index (χ4v) is 5.28. The van der Waals surface area contributed by atoms with Crippen LogP contribution in [0, 0.1) is 17.1 Å². The predicted molar refractivity (Wildman–Crippen MR) is 141 cm³/mol. The third kappa shape index (κ3) is 5.05. The van der Waals surface area contributed by atoms with E-state index in [0.29, 0.717) is 63.3 Å². The average molecular weight is 582 g/mol. The summed E-state index contributed by atoms with van der Waals surface area (Å²) in [6, 6.07) is 13.3. The van der Waals surface area contributed by atoms with Gasteiger partial charge in [-0.25, -0.2) is 14.5 Å². The molecule has 11 heteroatoms. The van der Waals surface area contributed by atoms with Crippen molar-refractivity contribution in [1.29, 1.82) is 5.26 Å². The monoisotopic (exact) mass is 580 g/mol. The molecule has 2 aromatic carbocycles. The molecule has 8 nitrogen and oxygen atoms in total. The standard InChI is InChI=1S/C26H19BrClFN6O2/c27-17-11-19-22(32-33-25(36)24(19)20(28)12-17)10-15-1-3-21(29)18(9-15)26(37)35-7-5-34(6-8-35)23-4-2-16(13-30)14-31-23/h1-4,9,11-12,14H,5-8,10H2,(H,33,36). The molecule has 0 atom stereocenters. The van der Waals surface area contributed by atoms with Gasteiger partial charge in [-0.3, -0.25) is 9.59 Å². The molecule has 0 saturated carbocycles. The molecule has 1 N–H and O–H groups in total. The number of carbonyl (C=O) groups is 1. The van der Waals surface area contributed by atoms with Crippen molar-refractivity contribution in [2.75, 3.05) is 31.1 Å². The summed E-state index contributed by atoms with van der Waals surface area (Å²) in [7, 11) is 0. The number of H-pyrrole nitrogens is 1. The van der Waals surface area contributed by atoms with Crippen LogP contribution in [0.1, 0.15) is 27.2 Å². The maximum absolute atomic E-state index is 14.8. The summed E-state index contributed by atoms with van der Waals surface area (Å²) >= 11 is 9.67. The number of hydrogen-bond acceptors (Lipinski definition) is 6. The predicted octanol–water partition coefficient (Wildman–Crippen LogP) is 4.30. The quantitative estimate of drug-likeness (QED) is 0.385. The van der Waals surface area contributed by atoms with E-state index in [9.17, 15) is 14.0 Å². The van der Waals surface area contributed by atoms with Crippen LogP contribution in [0.2, 0.25) is 5.02 Å². The van der Waals surface area contributed by atoms with Crippen LogP contribution in [-0.2, 0) is 6.42 Å². The zero-order chi connectivity index (χ0) is 26.1. The number of nitriles is 1. The number of benzene rings is 2. The molecule has 1 saturated heterocycles. The zero-order valence-electron chi connectivity index (χ0n) is 19.3. The van der Waals surface area contributed by atoms with Crippen LogP contribution in [0.5, 0.6) is 0 Å². The Morgan fingerprint density at radius 2 is 1.95 bits per heavy atom. The van der Waals surface area contributed by atoms with Crippen molar-refractivity contribution in [3.63, 3.8) is 0 Å². The number of fused-ring (bicyclic) bond motifs is 1. The van der Waals surface area contributed by atoms with Gasteiger partial charge in [0.15, 0.2) is 0 Å². The molecule has 1 aliphatic heterocycles. The molecule has 0 bridgehead atoms. The van der Waals surface area contributed by atoms with Gasteiger partial charge in [-0.2, -0.15) is 10.4 Å². The lowest BCUT2D eigenvalue weighted by molar-refractivity contribution is 0.0741. The van der Waals surface area contributed by atoms with Crippen molar-refractivity contribution in [2.24, 2.45) is 0 Å². The molecule has 5 rings (SSSR count). The molecule has 1 aliphatic rings. The minimum Gasteiger partial charge on any atom is -0.353 e. The highest BCUT2D eigenvalue weighted by atomic mass is 79.9. The smallest absolute Gasteiger partial charge is 0.273 e. The number of aromatic nitrogens is 3. The lowest BCUT2D eigenvalue weighted by Gasteiger charge is -2.35. The van der Waals surface area contributed by atoms with Gasteiger partial charge >= 0.3 is 0 Å². The first-order valence-corrected chi connectivity index (χ1v) is 12.6. The van der Waals surface area contributed by atoms with E-state index in [1.165, 1.54) is 18.3 Å². The molecule has 1 amide bonds. The summed E-state index contributed by atoms with van der Waals surface area (Å²) in [5.41, 5.74) is 1.28. The maximum Gasteiger partial charge on any atom is 0.273 e. The molecular weight excluding hydrogens is 563 g/mol. The number of piperazine rings is 1. The number of rotatable bonds is 4. The van der Waals surface area contributed by atoms with Gasteiger partial charge in [-0.05, 0) is 42.0 Å². The van der Waals surface area contributed by atoms with E-state index >= 15 is 0 Å². The van der Waals surface area contributed by atoms with E-state index < -0.39 is 17.3 Å². The molecule has 0 unspecified atom stereocenters. The summed E-state index contributed by atoms with van der Waals surface area (Å²) in [5.74, 6) is -0.265. The Morgan fingerprint density at radius 3 is 2.65 bits per heavy atom. The summed E-state index contributed by atoms with van der Waals surface area (Å²) in [4.78, 5) is 33.5. The van der Waals surface area contributed by atoms with Crippen LogP contribution in [0.4, 0.5) is 10.2 Å². The zero-order valence-corrected chi connectivity index (χ0v) is 21.7. The third-order valence-electron chi connectivity index (χ3n) is 6.29. The normalized spacial score (nSPS) is 13.6. The van der Waals surface area contributed by atoms with Gasteiger partial charge in [0.25, 0.3) is 11.5 Å². The van der Waals surface area contributed by atoms with Crippen molar-refractivity contribution in [3.8, 4) is 6.07 Å². The fraction of sp³-hybridized carbons (Fsp3) is 0.192. The second-order valence-electron chi connectivity index (χ2n) is 8.60. The largest absolute Gasteiger partial charge is 0.353 e. The lowest BCUT2D eigenvalue weighted by atomic mass is 10.0. The highest BCUT2D eigenvalue weighted by Crippen LogP contribution is 2.28. The van der Waals surface area contributed by atoms with Crippen molar-refractivity contribution in [1.82, 2.24) is 20.1 Å². The number of nitrogens with zero attached hydrogens (tertiary/aromatic N) is 5. The van der Waals surface area contributed by atoms with Gasteiger partial charge in [0.05, 0.1) is 27.2 Å². The van der Waals surface area contributed by atoms with E-state index in [-0.39, 0.29) is 12.0 Å². The van der Waals surface area contributed by atoms with E-state index in [1.54, 1.807) is 35.2 Å². The molecular formula is C26H19BrClFN6O2. The number of anilines is 1. The first-order valence-electron chi connectivity index (χ1n) is 11.4. The van der Waals surface area contributed by atoms with Crippen LogP contribution in [-0.4, -0.2) is 52.2 Å². The van der Waals surface area contributed by atoms with Crippen molar-refractivity contribution >= 4 is 50.0 Å². The molecule has 3 heterocycles. The Labute approximate surface area is 224 Å². The summed E-state index contributed by atoms with van der Waals surface area (Å²) < 4.78 is 15.5.